The number of nitrogens with one attached hydrogen (secondary N) is 3. The third-order valence-corrected chi connectivity index (χ3v) is 9.05. The highest BCUT2D eigenvalue weighted by molar-refractivity contribution is 5.74. The Morgan fingerprint density at radius 3 is 1.63 bits per heavy atom. The first-order chi connectivity index (χ1) is 25.4. The molecule has 3 amide bonds. The maximum Gasteiger partial charge on any atom is 0.217 e. The van der Waals surface area contributed by atoms with Crippen LogP contribution in [0.15, 0.2) is 0 Å². The Balaban J connectivity index is 1.83. The molecule has 54 heavy (non-hydrogen) atoms. The lowest BCUT2D eigenvalue weighted by atomic mass is 9.94. The second-order valence-corrected chi connectivity index (χ2v) is 13.2. The molecule has 0 saturated carbocycles. The molecule has 3 heterocycles. The minimum absolute atomic E-state index is 0.682. The highest BCUT2D eigenvalue weighted by Crippen LogP contribution is 2.31. The average Bonchev–Trinajstić information content (AvgIpc) is 3.12. The Labute approximate surface area is 308 Å². The van der Waals surface area contributed by atoms with Crippen LogP contribution in [0.4, 0.5) is 0 Å². The van der Waals surface area contributed by atoms with Gasteiger partial charge in [0.2, 0.25) is 17.7 Å². The Hall–Kier alpha value is -2.31. The molecule has 0 aliphatic carbocycles. The summed E-state index contributed by atoms with van der Waals surface area (Å²) in [5.74, 6) is -2.15. The molecule has 19 atom stereocenters. The van der Waals surface area contributed by atoms with E-state index in [1.807, 2.05) is 0 Å². The van der Waals surface area contributed by atoms with Crippen LogP contribution in [-0.2, 0) is 42.8 Å². The van der Waals surface area contributed by atoms with Crippen LogP contribution in [0, 0.1) is 0 Å². The number of aliphatic hydroxyl groups is 12. The van der Waals surface area contributed by atoms with Crippen LogP contribution in [0.3, 0.4) is 0 Å². The largest absolute Gasteiger partial charge is 0.394 e. The number of hydrogen-bond acceptors (Lipinski definition) is 21. The smallest absolute Gasteiger partial charge is 0.217 e. The number of ether oxygens (including phenoxy) is 6. The van der Waals surface area contributed by atoms with Gasteiger partial charge in [-0.25, -0.2) is 0 Å². The normalized spacial score (nSPS) is 39.5. The van der Waals surface area contributed by atoms with Crippen molar-refractivity contribution in [2.45, 2.75) is 137 Å². The number of carbonyl (C=O) groups is 3. The summed E-state index contributed by atoms with van der Waals surface area (Å²) in [5.41, 5.74) is 0. The van der Waals surface area contributed by atoms with Crippen molar-refractivity contribution in [1.29, 1.82) is 0 Å². The Morgan fingerprint density at radius 2 is 1.13 bits per heavy atom. The van der Waals surface area contributed by atoms with Gasteiger partial charge in [0.15, 0.2) is 18.9 Å². The lowest BCUT2D eigenvalue weighted by Gasteiger charge is -2.48. The summed E-state index contributed by atoms with van der Waals surface area (Å²) in [6, 6.07) is -4.53. The van der Waals surface area contributed by atoms with Crippen molar-refractivity contribution in [3.8, 4) is 0 Å². The lowest BCUT2D eigenvalue weighted by molar-refractivity contribution is -0.335. The number of rotatable bonds is 17. The van der Waals surface area contributed by atoms with Crippen LogP contribution < -0.4 is 16.0 Å². The molecule has 0 bridgehead atoms. The summed E-state index contributed by atoms with van der Waals surface area (Å²) in [6.45, 7) is -1.15. The third-order valence-electron chi connectivity index (χ3n) is 9.05. The van der Waals surface area contributed by atoms with E-state index in [1.54, 1.807) is 0 Å². The van der Waals surface area contributed by atoms with Crippen LogP contribution in [0.1, 0.15) is 20.8 Å². The van der Waals surface area contributed by atoms with Crippen LogP contribution >= 0.6 is 0 Å². The molecule has 3 aliphatic rings. The minimum Gasteiger partial charge on any atom is -0.394 e. The molecular formula is C30H53N3O21. The summed E-state index contributed by atoms with van der Waals surface area (Å²) in [4.78, 5) is 35.9. The average molecular weight is 792 g/mol. The maximum atomic E-state index is 12.2. The van der Waals surface area contributed by atoms with Crippen molar-refractivity contribution < 1.29 is 104 Å². The van der Waals surface area contributed by atoms with Gasteiger partial charge in [-0.3, -0.25) is 14.4 Å². The van der Waals surface area contributed by atoms with Crippen LogP contribution in [-0.4, -0.2) is 228 Å². The fourth-order valence-electron chi connectivity index (χ4n) is 6.26. The summed E-state index contributed by atoms with van der Waals surface area (Å²) in [7, 11) is 0. The van der Waals surface area contributed by atoms with E-state index in [1.165, 1.54) is 0 Å². The highest BCUT2D eigenvalue weighted by atomic mass is 16.7. The summed E-state index contributed by atoms with van der Waals surface area (Å²) in [6.07, 6.45) is -28.2. The van der Waals surface area contributed by atoms with Crippen molar-refractivity contribution in [2.75, 3.05) is 33.0 Å². The molecule has 3 rings (SSSR count). The first-order valence-corrected chi connectivity index (χ1v) is 17.0. The van der Waals surface area contributed by atoms with Crippen molar-refractivity contribution >= 4 is 17.7 Å². The first-order valence-electron chi connectivity index (χ1n) is 17.0. The van der Waals surface area contributed by atoms with Crippen LogP contribution in [0.25, 0.3) is 0 Å². The van der Waals surface area contributed by atoms with Gasteiger partial charge >= 0.3 is 0 Å². The standard InChI is InChI=1S/C30H53N3O21/c1-9(38)31-12(4-34)26(53-30-25(48)24(47)21(44)15(6-36)51-30)19(42)13(41)8-49-28-18(33-11(3)40)23(46)27(16(7-37)52-28)54-29-17(32-10(2)39)22(45)20(43)14(5-35)50-29/h12-30,34-37,41-48H,4-8H2,1-3H3,(H,31,38)(H,32,39)(H,33,40)/t12-,13+,14?,15+,16+,17?,18+,19-,20?,21-,22?,23+,24-,25+,26+,27+,28+,29?,30-/m0/s1. The maximum absolute atomic E-state index is 12.2. The van der Waals surface area contributed by atoms with E-state index in [-0.39, 0.29) is 0 Å². The Morgan fingerprint density at radius 1 is 0.630 bits per heavy atom. The van der Waals surface area contributed by atoms with Crippen molar-refractivity contribution in [3.05, 3.63) is 0 Å². The van der Waals surface area contributed by atoms with E-state index in [4.69, 9.17) is 28.4 Å². The van der Waals surface area contributed by atoms with Crippen molar-refractivity contribution in [2.24, 2.45) is 0 Å². The molecule has 15 N–H and O–H groups in total. The van der Waals surface area contributed by atoms with Crippen molar-refractivity contribution in [3.63, 3.8) is 0 Å². The van der Waals surface area contributed by atoms with E-state index in [2.05, 4.69) is 16.0 Å². The highest BCUT2D eigenvalue weighted by Gasteiger charge is 2.52. The van der Waals surface area contributed by atoms with Gasteiger partial charge in [-0.2, -0.15) is 0 Å². The monoisotopic (exact) mass is 791 g/mol. The minimum atomic E-state index is -2.13. The molecule has 3 aliphatic heterocycles. The van der Waals surface area contributed by atoms with E-state index >= 15 is 0 Å². The van der Waals surface area contributed by atoms with E-state index in [0.29, 0.717) is 0 Å². The van der Waals surface area contributed by atoms with Gasteiger partial charge in [-0.05, 0) is 0 Å². The van der Waals surface area contributed by atoms with E-state index in [0.717, 1.165) is 20.8 Å². The molecular weight excluding hydrogens is 738 g/mol. The van der Waals surface area contributed by atoms with Gasteiger partial charge < -0.3 is 106 Å². The molecule has 0 spiro atoms. The molecule has 0 aromatic rings. The quantitative estimate of drug-likeness (QED) is 0.0650. The summed E-state index contributed by atoms with van der Waals surface area (Å²) >= 11 is 0. The van der Waals surface area contributed by atoms with Gasteiger partial charge in [0.1, 0.15) is 91.4 Å². The molecule has 0 aromatic carbocycles. The molecule has 3 saturated heterocycles. The van der Waals surface area contributed by atoms with Gasteiger partial charge in [-0.1, -0.05) is 0 Å². The van der Waals surface area contributed by atoms with E-state index in [9.17, 15) is 75.7 Å². The van der Waals surface area contributed by atoms with Gasteiger partial charge in [-0.15, -0.1) is 0 Å². The number of aliphatic hydroxyl groups excluding tert-OH is 12. The van der Waals surface area contributed by atoms with Crippen LogP contribution in [0.5, 0.6) is 0 Å². The van der Waals surface area contributed by atoms with Gasteiger partial charge in [0, 0.05) is 20.8 Å². The molecule has 314 valence electrons. The Bertz CT molecular complexity index is 1210. The topological polar surface area (TPSA) is 385 Å². The third kappa shape index (κ3) is 11.2. The van der Waals surface area contributed by atoms with Crippen molar-refractivity contribution in [1.82, 2.24) is 16.0 Å². The zero-order valence-corrected chi connectivity index (χ0v) is 29.5. The SMILES string of the molecule is CC(=O)NC1C(O[C@H]2[C@H](O)[C@@H](NC(C)=O)[C@H](OC[C@@H](O)[C@H](O)[C@H](O[C@@H]3O[C@H](CO)[C@H](O)[C@H](O)[C@H]3O)[C@H](CO)NC(C)=O)O[C@@H]2CO)OC(CO)C(O)C1O. The number of carbonyl (C=O) groups excluding carboxylic acids is 3. The predicted octanol–water partition coefficient (Wildman–Crippen LogP) is -9.68. The zero-order valence-electron chi connectivity index (χ0n) is 29.5. The second kappa shape index (κ2) is 20.7. The fraction of sp³-hybridized carbons (Fsp3) is 0.900. The fourth-order valence-corrected chi connectivity index (χ4v) is 6.26. The molecule has 5 unspecified atom stereocenters. The summed E-state index contributed by atoms with van der Waals surface area (Å²) < 4.78 is 33.7. The molecule has 24 nitrogen and oxygen atoms in total. The van der Waals surface area contributed by atoms with Crippen LogP contribution in [0.2, 0.25) is 0 Å². The predicted molar refractivity (Wildman–Crippen MR) is 171 cm³/mol. The molecule has 3 fully saturated rings. The van der Waals surface area contributed by atoms with Gasteiger partial charge in [0.05, 0.1) is 39.1 Å². The molecule has 0 aromatic heterocycles. The molecule has 24 heteroatoms. The first kappa shape index (κ1) is 46.1. The lowest BCUT2D eigenvalue weighted by Crippen LogP contribution is -2.69. The Kier molecular flexibility index (Phi) is 17.7. The number of amides is 3. The number of hydrogen-bond donors (Lipinski definition) is 15. The zero-order chi connectivity index (χ0) is 40.6. The summed E-state index contributed by atoms with van der Waals surface area (Å²) in [5, 5.41) is 132. The molecule has 0 radical (unpaired) electrons. The van der Waals surface area contributed by atoms with E-state index < -0.39 is 167 Å². The second-order valence-electron chi connectivity index (χ2n) is 13.2. The van der Waals surface area contributed by atoms with Gasteiger partial charge in [0.25, 0.3) is 0 Å².